The second-order valence-corrected chi connectivity index (χ2v) is 35.4. The van der Waals surface area contributed by atoms with E-state index in [1.807, 2.05) is 133 Å². The highest BCUT2D eigenvalue weighted by Gasteiger charge is 2.52. The molecule has 116 heavy (non-hydrogen) atoms. The van der Waals surface area contributed by atoms with Gasteiger partial charge in [-0.2, -0.15) is 35.0 Å². The van der Waals surface area contributed by atoms with Gasteiger partial charge in [0.15, 0.2) is 0 Å². The van der Waals surface area contributed by atoms with Gasteiger partial charge in [-0.3, -0.25) is 9.59 Å². The fourth-order valence-corrected chi connectivity index (χ4v) is 17.6. The van der Waals surface area contributed by atoms with E-state index >= 15 is 0 Å². The number of nitrogens with one attached hydrogen (secondary N) is 4. The molecule has 0 bridgehead atoms. The van der Waals surface area contributed by atoms with Crippen molar-refractivity contribution in [3.8, 4) is 11.8 Å². The van der Waals surface area contributed by atoms with Crippen LogP contribution < -0.4 is 30.7 Å². The number of carbonyl (C=O) groups excluding carboxylic acids is 2. The Bertz CT molecular complexity index is 4640. The number of sulfonamides is 2. The van der Waals surface area contributed by atoms with Crippen LogP contribution in [0.4, 0.5) is 37.7 Å². The van der Waals surface area contributed by atoms with Crippen LogP contribution in [0.25, 0.3) is 21.8 Å². The zero-order valence-electron chi connectivity index (χ0n) is 64.5. The second kappa shape index (κ2) is 43.1. The first-order valence-corrected chi connectivity index (χ1v) is 44.3. The van der Waals surface area contributed by atoms with Crippen LogP contribution in [0, 0.1) is 5.92 Å². The van der Waals surface area contributed by atoms with E-state index in [9.17, 15) is 52.8 Å². The van der Waals surface area contributed by atoms with Crippen LogP contribution in [0.2, 0.25) is 20.1 Å². The predicted molar refractivity (Wildman–Crippen MR) is 443 cm³/mol. The van der Waals surface area contributed by atoms with Crippen molar-refractivity contribution in [1.29, 1.82) is 0 Å². The molecule has 3 fully saturated rings. The molecule has 2 amide bonds. The van der Waals surface area contributed by atoms with Crippen LogP contribution in [-0.4, -0.2) is 162 Å². The first-order chi connectivity index (χ1) is 55.7. The lowest BCUT2D eigenvalue weighted by Gasteiger charge is -2.32. The highest BCUT2D eigenvalue weighted by atomic mass is 35.5. The Balaban J connectivity index is 0.523. The maximum Gasteiger partial charge on any atom is 0.511 e. The Labute approximate surface area is 695 Å². The van der Waals surface area contributed by atoms with Gasteiger partial charge in [-0.15, -0.1) is 0 Å². The van der Waals surface area contributed by atoms with E-state index in [0.717, 1.165) is 95.5 Å². The molecule has 31 heteroatoms. The van der Waals surface area contributed by atoms with E-state index in [1.165, 1.54) is 0 Å². The maximum absolute atomic E-state index is 13.5. The molecule has 1 aliphatic carbocycles. The van der Waals surface area contributed by atoms with E-state index in [0.29, 0.717) is 179 Å². The van der Waals surface area contributed by atoms with Crippen LogP contribution in [-0.2, 0) is 43.8 Å². The number of unbranched alkanes of at least 4 members (excludes halogenated alkanes) is 4. The molecule has 8 aromatic rings. The van der Waals surface area contributed by atoms with Gasteiger partial charge in [-0.05, 0) is 215 Å². The number of hydrogen-bond acceptors (Lipinski definition) is 15. The summed E-state index contributed by atoms with van der Waals surface area (Å²) in [6.07, 6.45) is 13.2. The Hall–Kier alpha value is -7.28. The van der Waals surface area contributed by atoms with E-state index < -0.39 is 31.1 Å². The maximum atomic E-state index is 13.5. The van der Waals surface area contributed by atoms with E-state index in [4.69, 9.17) is 80.1 Å². The summed E-state index contributed by atoms with van der Waals surface area (Å²) in [6, 6.07) is 45.1. The molecule has 2 aliphatic heterocycles. The second-order valence-electron chi connectivity index (χ2n) is 29.8. The topological polar surface area (TPSA) is 229 Å². The molecule has 628 valence electrons. The van der Waals surface area contributed by atoms with Gasteiger partial charge in [0.1, 0.15) is 0 Å². The third kappa shape index (κ3) is 25.9. The van der Waals surface area contributed by atoms with Gasteiger partial charge in [-0.1, -0.05) is 120 Å². The molecule has 4 N–H and O–H groups in total. The van der Waals surface area contributed by atoms with Crippen molar-refractivity contribution in [2.75, 3.05) is 96.2 Å². The van der Waals surface area contributed by atoms with Crippen molar-refractivity contribution < 1.29 is 76.5 Å². The lowest BCUT2D eigenvalue weighted by molar-refractivity contribution is -0.122. The van der Waals surface area contributed by atoms with Crippen LogP contribution in [0.3, 0.4) is 0 Å². The zero-order valence-corrected chi connectivity index (χ0v) is 69.2. The van der Waals surface area contributed by atoms with Gasteiger partial charge in [0, 0.05) is 150 Å². The van der Waals surface area contributed by atoms with Gasteiger partial charge >= 0.3 is 31.1 Å². The number of amides is 2. The molecule has 0 radical (unpaired) electrons. The molecule has 11 rings (SSSR count). The average Bonchev–Trinajstić information content (AvgIpc) is 0.785. The molecule has 1 unspecified atom stereocenters. The molecule has 6 aromatic carbocycles. The molecule has 0 spiro atoms. The largest absolute Gasteiger partial charge is 0.511 e. The molecule has 1 saturated carbocycles. The lowest BCUT2D eigenvalue weighted by atomic mass is 9.84. The molecule has 3 aliphatic rings. The van der Waals surface area contributed by atoms with Crippen LogP contribution in [0.1, 0.15) is 174 Å². The van der Waals surface area contributed by atoms with Gasteiger partial charge < -0.3 is 45.0 Å². The molecule has 2 saturated heterocycles. The highest BCUT2D eigenvalue weighted by Crippen LogP contribution is 2.42. The van der Waals surface area contributed by atoms with Gasteiger partial charge in [-0.25, -0.2) is 26.8 Å². The van der Waals surface area contributed by atoms with E-state index in [2.05, 4.69) is 21.3 Å². The number of nitrogens with zero attached hydrogens (tertiary/aromatic N) is 4. The Morgan fingerprint density at radius 2 is 0.819 bits per heavy atom. The van der Waals surface area contributed by atoms with Crippen LogP contribution >= 0.6 is 46.4 Å². The number of carbonyl (C=O) groups is 2. The Morgan fingerprint density at radius 1 is 0.431 bits per heavy atom. The molecule has 4 heterocycles. The smallest absolute Gasteiger partial charge is 0.478 e. The number of anilines is 2. The first-order valence-electron chi connectivity index (χ1n) is 39.9. The Kier molecular flexibility index (Phi) is 33.3. The van der Waals surface area contributed by atoms with E-state index in [-0.39, 0.29) is 93.7 Å². The third-order valence-electron chi connectivity index (χ3n) is 21.4. The number of ether oxygens (including phenoxy) is 5. The summed E-state index contributed by atoms with van der Waals surface area (Å²) in [5.41, 5.74) is -2.47. The van der Waals surface area contributed by atoms with Gasteiger partial charge in [0.05, 0.1) is 43.6 Å². The SMILES string of the molecule is O=C(CCCCCOc1cc(NC2CCN(S(=O)(=O)C(F)(F)F)CC2)c2cc(C(c3ccc(Cl)cc3)c3ccc(Cl)cc3)ccc2n1)NCCCOCCOC1CCC[C@H](CCOCCCNC(=O)CCCCCOc2cc(NC3CCN(S(=O)(=O)C(F)(F)F)CC3)c3cc(C(c4ccc(Cl)cc4)c4ccc(Cl)cc4)ccc3n2)CC1. The number of hydrogen-bond donors (Lipinski definition) is 4. The summed E-state index contributed by atoms with van der Waals surface area (Å²) in [7, 11) is -10.9. The number of pyridine rings is 2. The fourth-order valence-electron chi connectivity index (χ4n) is 15.2. The van der Waals surface area contributed by atoms with Crippen molar-refractivity contribution >= 4 is 111 Å². The molecular weight excluding hydrogens is 1630 g/mol. The van der Waals surface area contributed by atoms with Crippen LogP contribution in [0.5, 0.6) is 11.8 Å². The summed E-state index contributed by atoms with van der Waals surface area (Å²) < 4.78 is 161. The molecule has 2 atom stereocenters. The van der Waals surface area contributed by atoms with Crippen LogP contribution in [0.15, 0.2) is 146 Å². The number of aromatic nitrogens is 2. The number of fused-ring (bicyclic) bond motifs is 2. The molecule has 2 aromatic heterocycles. The monoisotopic (exact) mass is 1730 g/mol. The summed E-state index contributed by atoms with van der Waals surface area (Å²) in [6.45, 7) is 3.16. The quantitative estimate of drug-likeness (QED) is 0.0121. The normalized spacial score (nSPS) is 16.6. The lowest BCUT2D eigenvalue weighted by Crippen LogP contribution is -2.47. The summed E-state index contributed by atoms with van der Waals surface area (Å²) in [5.74, 6) is 0.712. The number of rotatable bonds is 41. The minimum absolute atomic E-state index is 0.0266. The molecular formula is C85H100Cl4F6N8O11S2. The minimum Gasteiger partial charge on any atom is -0.478 e. The standard InChI is InChI=1S/C85H100Cl4F6N8O11S2/c86-65-25-15-59(16-26-65)82(60-17-27-66(87)28-18-60)63-23-34-74-72(54-63)76(98-69-36-43-102(44-37-69)115(106,107)84(90,91)92)56-80(100-74)113-49-5-1-3-12-78(104)96-41-8-47-110-51-40-58-10-7-11-71(33-14-58)112-53-52-111-48-9-42-97-79(105)13-4-2-6-50-114-81-57-77(99-70-38-45-103(46-39-70)116(108,109)85(93,94)95)73-55-64(24-35-75(73)101-81)83(61-19-29-67(88)30-20-61)62-21-31-68(89)32-22-62/h15-32,34-35,54-58,69-71,82-83H,1-14,33,36-53H2,(H,96,104)(H,97,105)(H,98,100)(H,99,101)/t58-,71?/m0/s1. The van der Waals surface area contributed by atoms with Gasteiger partial charge in [0.2, 0.25) is 23.6 Å². The predicted octanol–water partition coefficient (Wildman–Crippen LogP) is 19.2. The number of piperidine rings is 2. The van der Waals surface area contributed by atoms with Crippen molar-refractivity contribution in [3.05, 3.63) is 199 Å². The first kappa shape index (κ1) is 89.5. The fraction of sp³-hybridized carbons (Fsp3) is 0.482. The van der Waals surface area contributed by atoms with Crippen molar-refractivity contribution in [1.82, 2.24) is 29.2 Å². The highest BCUT2D eigenvalue weighted by molar-refractivity contribution is 7.90. The van der Waals surface area contributed by atoms with Crippen molar-refractivity contribution in [2.24, 2.45) is 5.92 Å². The number of alkyl halides is 6. The summed E-state index contributed by atoms with van der Waals surface area (Å²) >= 11 is 25.2. The Morgan fingerprint density at radius 3 is 1.22 bits per heavy atom. The minimum atomic E-state index is -5.46. The number of benzene rings is 6. The molecule has 19 nitrogen and oxygen atoms in total. The zero-order chi connectivity index (χ0) is 82.2. The van der Waals surface area contributed by atoms with Crippen molar-refractivity contribution in [2.45, 2.75) is 169 Å². The average molecular weight is 1730 g/mol. The van der Waals surface area contributed by atoms with E-state index in [1.54, 1.807) is 12.1 Å². The third-order valence-corrected chi connectivity index (χ3v) is 25.7. The van der Waals surface area contributed by atoms with Crippen molar-refractivity contribution in [3.63, 3.8) is 0 Å². The summed E-state index contributed by atoms with van der Waals surface area (Å²) in [5, 5.41) is 16.8. The van der Waals surface area contributed by atoms with Gasteiger partial charge in [0.25, 0.3) is 0 Å². The number of halogens is 10. The summed E-state index contributed by atoms with van der Waals surface area (Å²) in [4.78, 5) is 35.2.